The number of esters is 1. The van der Waals surface area contributed by atoms with Gasteiger partial charge >= 0.3 is 11.9 Å². The monoisotopic (exact) mass is 283 g/mol. The lowest BCUT2D eigenvalue weighted by Gasteiger charge is -2.31. The van der Waals surface area contributed by atoms with Gasteiger partial charge in [-0.25, -0.2) is 0 Å². The van der Waals surface area contributed by atoms with Crippen molar-refractivity contribution in [1.29, 1.82) is 0 Å². The molecule has 2 rings (SSSR count). The topological polar surface area (TPSA) is 83.9 Å². The van der Waals surface area contributed by atoms with Crippen molar-refractivity contribution in [3.8, 4) is 0 Å². The minimum absolute atomic E-state index is 0.0919. The van der Waals surface area contributed by atoms with Crippen molar-refractivity contribution in [2.24, 2.45) is 23.2 Å². The summed E-state index contributed by atoms with van der Waals surface area (Å²) in [7, 11) is 1.37. The molecule has 0 aromatic heterocycles. The number of nitrogens with zero attached hydrogens (tertiary/aromatic N) is 1. The first-order chi connectivity index (χ1) is 9.30. The van der Waals surface area contributed by atoms with E-state index in [1.165, 1.54) is 7.11 Å². The van der Waals surface area contributed by atoms with Crippen molar-refractivity contribution >= 4 is 17.8 Å². The van der Waals surface area contributed by atoms with Crippen LogP contribution < -0.4 is 0 Å². The van der Waals surface area contributed by atoms with Gasteiger partial charge in [0.15, 0.2) is 0 Å². The zero-order valence-corrected chi connectivity index (χ0v) is 12.1. The van der Waals surface area contributed by atoms with Crippen LogP contribution in [0, 0.1) is 23.2 Å². The normalized spacial score (nSPS) is 28.9. The second-order valence-electron chi connectivity index (χ2n) is 6.24. The van der Waals surface area contributed by atoms with Crippen LogP contribution in [-0.4, -0.2) is 48.1 Å². The molecule has 1 heterocycles. The maximum absolute atomic E-state index is 12.4. The van der Waals surface area contributed by atoms with Crippen LogP contribution in [0.5, 0.6) is 0 Å². The van der Waals surface area contributed by atoms with Crippen LogP contribution in [0.3, 0.4) is 0 Å². The number of carbonyl (C=O) groups is 3. The summed E-state index contributed by atoms with van der Waals surface area (Å²) in [5.41, 5.74) is -0.470. The van der Waals surface area contributed by atoms with E-state index < -0.39 is 23.2 Å². The van der Waals surface area contributed by atoms with E-state index in [-0.39, 0.29) is 17.8 Å². The average Bonchev–Trinajstić information content (AvgIpc) is 3.00. The van der Waals surface area contributed by atoms with Crippen molar-refractivity contribution in [3.05, 3.63) is 0 Å². The van der Waals surface area contributed by atoms with E-state index in [9.17, 15) is 14.4 Å². The van der Waals surface area contributed by atoms with Crippen molar-refractivity contribution in [2.45, 2.75) is 26.7 Å². The Balaban J connectivity index is 1.93. The molecule has 2 aliphatic rings. The summed E-state index contributed by atoms with van der Waals surface area (Å²) in [5, 5.41) is 9.12. The molecular formula is C14H21NO5. The molecule has 1 saturated heterocycles. The van der Waals surface area contributed by atoms with Crippen LogP contribution in [0.2, 0.25) is 0 Å². The van der Waals surface area contributed by atoms with Gasteiger partial charge in [0.1, 0.15) is 0 Å². The largest absolute Gasteiger partial charge is 0.481 e. The van der Waals surface area contributed by atoms with Crippen molar-refractivity contribution in [3.63, 3.8) is 0 Å². The van der Waals surface area contributed by atoms with Gasteiger partial charge in [0.2, 0.25) is 5.91 Å². The minimum atomic E-state index is -0.905. The molecule has 1 amide bonds. The Bertz CT molecular complexity index is 437. The number of carbonyl (C=O) groups excluding carboxylic acids is 2. The molecule has 0 unspecified atom stereocenters. The second-order valence-corrected chi connectivity index (χ2v) is 6.24. The number of amides is 1. The average molecular weight is 283 g/mol. The Morgan fingerprint density at radius 3 is 2.10 bits per heavy atom. The van der Waals surface area contributed by atoms with Crippen molar-refractivity contribution in [1.82, 2.24) is 4.90 Å². The van der Waals surface area contributed by atoms with Gasteiger partial charge in [0.25, 0.3) is 0 Å². The van der Waals surface area contributed by atoms with Gasteiger partial charge in [-0.3, -0.25) is 14.4 Å². The highest BCUT2D eigenvalue weighted by Crippen LogP contribution is 2.59. The maximum atomic E-state index is 12.4. The maximum Gasteiger partial charge on any atom is 0.308 e. The second kappa shape index (κ2) is 5.07. The van der Waals surface area contributed by atoms with Gasteiger partial charge in [0, 0.05) is 13.1 Å². The van der Waals surface area contributed by atoms with Crippen LogP contribution in [0.4, 0.5) is 0 Å². The zero-order valence-electron chi connectivity index (χ0n) is 12.1. The number of carboxylic acids is 1. The fourth-order valence-corrected chi connectivity index (χ4v) is 3.26. The molecule has 1 saturated carbocycles. The van der Waals surface area contributed by atoms with E-state index in [0.29, 0.717) is 25.9 Å². The number of hydrogen-bond donors (Lipinski definition) is 1. The molecule has 0 spiro atoms. The van der Waals surface area contributed by atoms with Gasteiger partial charge in [-0.2, -0.15) is 0 Å². The number of carboxylic acid groups (broad SMARTS) is 1. The first-order valence-corrected chi connectivity index (χ1v) is 6.90. The molecule has 0 bridgehead atoms. The number of methoxy groups -OCH3 is 1. The van der Waals surface area contributed by atoms with Gasteiger partial charge in [-0.05, 0) is 18.3 Å². The zero-order chi connectivity index (χ0) is 15.1. The summed E-state index contributed by atoms with van der Waals surface area (Å²) in [6, 6.07) is 0. The Morgan fingerprint density at radius 2 is 1.70 bits per heavy atom. The summed E-state index contributed by atoms with van der Waals surface area (Å²) in [6.07, 6.45) is 1.17. The highest BCUT2D eigenvalue weighted by atomic mass is 16.5. The molecule has 1 aliphatic heterocycles. The van der Waals surface area contributed by atoms with Crippen LogP contribution in [-0.2, 0) is 19.1 Å². The SMILES string of the molecule is COC(=O)C1CCN(C(=O)[C@@H]2[C@H](C(=O)O)C2(C)C)CC1. The first-order valence-electron chi connectivity index (χ1n) is 6.90. The van der Waals surface area contributed by atoms with Crippen LogP contribution in [0.15, 0.2) is 0 Å². The number of aliphatic carboxylic acids is 1. The van der Waals surface area contributed by atoms with Gasteiger partial charge in [0.05, 0.1) is 24.9 Å². The number of ether oxygens (including phenoxy) is 1. The molecule has 2 atom stereocenters. The third-order valence-corrected chi connectivity index (χ3v) is 4.70. The van der Waals surface area contributed by atoms with Crippen molar-refractivity contribution < 1.29 is 24.2 Å². The van der Waals surface area contributed by atoms with Crippen LogP contribution in [0.1, 0.15) is 26.7 Å². The molecule has 6 heteroatoms. The highest BCUT2D eigenvalue weighted by molar-refractivity contribution is 5.91. The molecule has 112 valence electrons. The van der Waals surface area contributed by atoms with E-state index in [4.69, 9.17) is 9.84 Å². The molecule has 0 aromatic rings. The number of rotatable bonds is 3. The predicted molar refractivity (Wildman–Crippen MR) is 69.7 cm³/mol. The molecule has 6 nitrogen and oxygen atoms in total. The lowest BCUT2D eigenvalue weighted by molar-refractivity contribution is -0.149. The lowest BCUT2D eigenvalue weighted by Crippen LogP contribution is -2.42. The van der Waals surface area contributed by atoms with Gasteiger partial charge < -0.3 is 14.7 Å². The third kappa shape index (κ3) is 2.39. The molecule has 20 heavy (non-hydrogen) atoms. The van der Waals surface area contributed by atoms with E-state index in [1.54, 1.807) is 4.90 Å². The summed E-state index contributed by atoms with van der Waals surface area (Å²) < 4.78 is 4.71. The third-order valence-electron chi connectivity index (χ3n) is 4.70. The summed E-state index contributed by atoms with van der Waals surface area (Å²) in [6.45, 7) is 4.63. The highest BCUT2D eigenvalue weighted by Gasteiger charge is 2.66. The molecule has 1 N–H and O–H groups in total. The van der Waals surface area contributed by atoms with Crippen LogP contribution >= 0.6 is 0 Å². The number of piperidine rings is 1. The Labute approximate surface area is 118 Å². The van der Waals surface area contributed by atoms with Gasteiger partial charge in [-0.1, -0.05) is 13.8 Å². The molecule has 2 fully saturated rings. The summed E-state index contributed by atoms with van der Waals surface area (Å²) >= 11 is 0. The molecule has 0 aromatic carbocycles. The van der Waals surface area contributed by atoms with Crippen molar-refractivity contribution in [2.75, 3.05) is 20.2 Å². The Morgan fingerprint density at radius 1 is 1.15 bits per heavy atom. The van der Waals surface area contributed by atoms with E-state index in [2.05, 4.69) is 0 Å². The van der Waals surface area contributed by atoms with E-state index in [1.807, 2.05) is 13.8 Å². The molecule has 0 radical (unpaired) electrons. The van der Waals surface area contributed by atoms with E-state index in [0.717, 1.165) is 0 Å². The minimum Gasteiger partial charge on any atom is -0.481 e. The van der Waals surface area contributed by atoms with E-state index >= 15 is 0 Å². The fourth-order valence-electron chi connectivity index (χ4n) is 3.26. The number of hydrogen-bond acceptors (Lipinski definition) is 4. The Kier molecular flexibility index (Phi) is 3.75. The molecule has 1 aliphatic carbocycles. The first kappa shape index (κ1) is 14.8. The fraction of sp³-hybridized carbons (Fsp3) is 0.786. The predicted octanol–water partition coefficient (Wildman–Crippen LogP) is 0.755. The quantitative estimate of drug-likeness (QED) is 0.773. The van der Waals surface area contributed by atoms with Gasteiger partial charge in [-0.15, -0.1) is 0 Å². The molecular weight excluding hydrogens is 262 g/mol. The summed E-state index contributed by atoms with van der Waals surface area (Å²) in [5.74, 6) is -2.40. The van der Waals surface area contributed by atoms with Crippen LogP contribution in [0.25, 0.3) is 0 Å². The summed E-state index contributed by atoms with van der Waals surface area (Å²) in [4.78, 5) is 36.6. The smallest absolute Gasteiger partial charge is 0.308 e. The number of likely N-dealkylation sites (tertiary alicyclic amines) is 1. The Hall–Kier alpha value is -1.59. The lowest BCUT2D eigenvalue weighted by atomic mass is 9.96. The standard InChI is InChI=1S/C14H21NO5/c1-14(2)9(10(14)12(17)18)11(16)15-6-4-8(5-7-15)13(19)20-3/h8-10H,4-7H2,1-3H3,(H,17,18)/t9-,10+/m0/s1.